The number of hydrogen-bond donors (Lipinski definition) is 1. The third-order valence-corrected chi connectivity index (χ3v) is 4.12. The van der Waals surface area contributed by atoms with Crippen molar-refractivity contribution in [3.05, 3.63) is 0 Å². The first-order valence-corrected chi connectivity index (χ1v) is 9.26. The van der Waals surface area contributed by atoms with Crippen molar-refractivity contribution in [2.75, 3.05) is 13.1 Å². The predicted octanol–water partition coefficient (Wildman–Crippen LogP) is 5.48. The Balaban J connectivity index is 3.50. The van der Waals surface area contributed by atoms with E-state index in [1.54, 1.807) is 0 Å². The molecule has 0 heterocycles. The maximum Gasteiger partial charge on any atom is 0.314 e. The molecule has 2 amide bonds. The van der Waals surface area contributed by atoms with Crippen LogP contribution in [0, 0.1) is 0 Å². The number of urea groups is 1. The maximum atomic E-state index is 11.4. The number of carbonyl (C=O) groups excluding carboxylic acids is 1. The number of primary amides is 1. The zero-order valence-corrected chi connectivity index (χ0v) is 14.5. The fourth-order valence-electron chi connectivity index (χ4n) is 2.67. The number of amides is 2. The lowest BCUT2D eigenvalue weighted by Crippen LogP contribution is -2.37. The van der Waals surface area contributed by atoms with Crippen LogP contribution in [0.2, 0.25) is 0 Å². The Kier molecular flexibility index (Phi) is 15.1. The topological polar surface area (TPSA) is 46.3 Å². The lowest BCUT2D eigenvalue weighted by Gasteiger charge is -2.20. The molecular weight excluding hydrogens is 260 g/mol. The van der Waals surface area contributed by atoms with E-state index >= 15 is 0 Å². The summed E-state index contributed by atoms with van der Waals surface area (Å²) in [5, 5.41) is 0. The van der Waals surface area contributed by atoms with Crippen LogP contribution in [-0.4, -0.2) is 24.0 Å². The van der Waals surface area contributed by atoms with Gasteiger partial charge in [0, 0.05) is 13.1 Å². The quantitative estimate of drug-likeness (QED) is 0.400. The van der Waals surface area contributed by atoms with Crippen molar-refractivity contribution >= 4 is 6.03 Å². The van der Waals surface area contributed by atoms with Crippen LogP contribution in [0.3, 0.4) is 0 Å². The lowest BCUT2D eigenvalue weighted by atomic mass is 10.1. The number of carbonyl (C=O) groups is 1. The number of rotatable bonds is 15. The Hall–Kier alpha value is -0.730. The molecule has 0 aliphatic rings. The first kappa shape index (κ1) is 20.3. The van der Waals surface area contributed by atoms with E-state index in [9.17, 15) is 4.79 Å². The van der Waals surface area contributed by atoms with Crippen molar-refractivity contribution < 1.29 is 4.79 Å². The van der Waals surface area contributed by atoms with Crippen LogP contribution in [0.15, 0.2) is 0 Å². The highest BCUT2D eigenvalue weighted by Gasteiger charge is 2.08. The summed E-state index contributed by atoms with van der Waals surface area (Å²) in [5.41, 5.74) is 5.46. The normalized spacial score (nSPS) is 10.8. The molecule has 0 rings (SSSR count). The average Bonchev–Trinajstić information content (AvgIpc) is 2.47. The molecule has 0 spiro atoms. The number of hydrogen-bond acceptors (Lipinski definition) is 1. The number of nitrogens with two attached hydrogens (primary N) is 1. The zero-order valence-electron chi connectivity index (χ0n) is 14.5. The van der Waals surface area contributed by atoms with E-state index in [0.717, 1.165) is 25.9 Å². The van der Waals surface area contributed by atoms with Gasteiger partial charge in [-0.25, -0.2) is 4.79 Å². The molecule has 0 aromatic rings. The van der Waals surface area contributed by atoms with Gasteiger partial charge >= 0.3 is 6.03 Å². The zero-order chi connectivity index (χ0) is 15.8. The van der Waals surface area contributed by atoms with Crippen LogP contribution in [-0.2, 0) is 0 Å². The van der Waals surface area contributed by atoms with Gasteiger partial charge < -0.3 is 10.6 Å². The van der Waals surface area contributed by atoms with Crippen molar-refractivity contribution in [1.29, 1.82) is 0 Å². The largest absolute Gasteiger partial charge is 0.351 e. The fraction of sp³-hybridized carbons (Fsp3) is 0.944. The minimum absolute atomic E-state index is 0.242. The molecular formula is C18H38N2O. The van der Waals surface area contributed by atoms with E-state index in [1.165, 1.54) is 70.6 Å². The Morgan fingerprint density at radius 1 is 0.667 bits per heavy atom. The second kappa shape index (κ2) is 15.7. The van der Waals surface area contributed by atoms with Gasteiger partial charge in [-0.15, -0.1) is 0 Å². The van der Waals surface area contributed by atoms with Crippen molar-refractivity contribution in [2.24, 2.45) is 5.73 Å². The van der Waals surface area contributed by atoms with Crippen LogP contribution < -0.4 is 5.73 Å². The minimum atomic E-state index is -0.242. The monoisotopic (exact) mass is 298 g/mol. The SMILES string of the molecule is CCCCCCCCCCN(CCCCCCC)C(N)=O. The molecule has 126 valence electrons. The summed E-state index contributed by atoms with van der Waals surface area (Å²) in [5.74, 6) is 0. The van der Waals surface area contributed by atoms with Crippen molar-refractivity contribution in [3.63, 3.8) is 0 Å². The van der Waals surface area contributed by atoms with Gasteiger partial charge in [0.1, 0.15) is 0 Å². The average molecular weight is 299 g/mol. The van der Waals surface area contributed by atoms with E-state index in [4.69, 9.17) is 5.73 Å². The molecule has 0 unspecified atom stereocenters. The summed E-state index contributed by atoms with van der Waals surface area (Å²) in [6.07, 6.45) is 16.5. The predicted molar refractivity (Wildman–Crippen MR) is 92.5 cm³/mol. The summed E-state index contributed by atoms with van der Waals surface area (Å²) >= 11 is 0. The molecule has 0 bridgehead atoms. The Morgan fingerprint density at radius 3 is 1.33 bits per heavy atom. The first-order chi connectivity index (χ1) is 10.2. The maximum absolute atomic E-state index is 11.4. The third-order valence-electron chi connectivity index (χ3n) is 4.12. The van der Waals surface area contributed by atoms with Crippen molar-refractivity contribution in [3.8, 4) is 0 Å². The number of unbranched alkanes of at least 4 members (excludes halogenated alkanes) is 11. The second-order valence-electron chi connectivity index (χ2n) is 6.21. The summed E-state index contributed by atoms with van der Waals surface area (Å²) in [6, 6.07) is -0.242. The molecule has 0 saturated heterocycles. The summed E-state index contributed by atoms with van der Waals surface area (Å²) in [6.45, 7) is 6.16. The fourth-order valence-corrected chi connectivity index (χ4v) is 2.67. The van der Waals surface area contributed by atoms with Gasteiger partial charge in [0.15, 0.2) is 0 Å². The number of nitrogens with zero attached hydrogens (tertiary/aromatic N) is 1. The molecule has 0 radical (unpaired) electrons. The van der Waals surface area contributed by atoms with E-state index in [1.807, 2.05) is 4.90 Å². The standard InChI is InChI=1S/C18H38N2O/c1-3-5-7-9-10-11-13-15-17-20(18(19)21)16-14-12-8-6-4-2/h3-17H2,1-2H3,(H2,19,21). The van der Waals surface area contributed by atoms with Crippen LogP contribution in [0.5, 0.6) is 0 Å². The van der Waals surface area contributed by atoms with Crippen LogP contribution in [0.4, 0.5) is 4.79 Å². The summed E-state index contributed by atoms with van der Waals surface area (Å²) in [7, 11) is 0. The van der Waals surface area contributed by atoms with E-state index in [-0.39, 0.29) is 6.03 Å². The van der Waals surface area contributed by atoms with Gasteiger partial charge in [-0.2, -0.15) is 0 Å². The van der Waals surface area contributed by atoms with Gasteiger partial charge in [0.2, 0.25) is 0 Å². The highest BCUT2D eigenvalue weighted by molar-refractivity contribution is 5.71. The van der Waals surface area contributed by atoms with E-state index in [0.29, 0.717) is 0 Å². The van der Waals surface area contributed by atoms with Crippen LogP contribution in [0.25, 0.3) is 0 Å². The highest BCUT2D eigenvalue weighted by atomic mass is 16.2. The minimum Gasteiger partial charge on any atom is -0.351 e. The Labute approximate surface area is 132 Å². The first-order valence-electron chi connectivity index (χ1n) is 9.26. The van der Waals surface area contributed by atoms with Crippen molar-refractivity contribution in [1.82, 2.24) is 4.90 Å². The highest BCUT2D eigenvalue weighted by Crippen LogP contribution is 2.09. The Bertz CT molecular complexity index is 231. The second-order valence-corrected chi connectivity index (χ2v) is 6.21. The molecule has 21 heavy (non-hydrogen) atoms. The van der Waals surface area contributed by atoms with Crippen LogP contribution >= 0.6 is 0 Å². The molecule has 0 aliphatic heterocycles. The summed E-state index contributed by atoms with van der Waals surface area (Å²) < 4.78 is 0. The smallest absolute Gasteiger partial charge is 0.314 e. The molecule has 3 nitrogen and oxygen atoms in total. The molecule has 0 saturated carbocycles. The molecule has 3 heteroatoms. The molecule has 0 aromatic carbocycles. The van der Waals surface area contributed by atoms with Gasteiger partial charge in [-0.3, -0.25) is 0 Å². The third kappa shape index (κ3) is 14.0. The molecule has 0 aromatic heterocycles. The molecule has 0 fully saturated rings. The van der Waals surface area contributed by atoms with Gasteiger partial charge in [0.05, 0.1) is 0 Å². The van der Waals surface area contributed by atoms with E-state index in [2.05, 4.69) is 13.8 Å². The van der Waals surface area contributed by atoms with Gasteiger partial charge in [-0.1, -0.05) is 84.5 Å². The molecule has 0 aliphatic carbocycles. The van der Waals surface area contributed by atoms with E-state index < -0.39 is 0 Å². The van der Waals surface area contributed by atoms with Crippen molar-refractivity contribution in [2.45, 2.75) is 97.3 Å². The molecule has 2 N–H and O–H groups in total. The summed E-state index contributed by atoms with van der Waals surface area (Å²) in [4.78, 5) is 13.2. The molecule has 0 atom stereocenters. The van der Waals surface area contributed by atoms with Gasteiger partial charge in [0.25, 0.3) is 0 Å². The Morgan fingerprint density at radius 2 is 1.00 bits per heavy atom. The lowest BCUT2D eigenvalue weighted by molar-refractivity contribution is 0.205. The van der Waals surface area contributed by atoms with Crippen LogP contribution in [0.1, 0.15) is 97.3 Å². The van der Waals surface area contributed by atoms with Gasteiger partial charge in [-0.05, 0) is 12.8 Å².